The molecule has 1 N–H and O–H groups in total. The van der Waals surface area contributed by atoms with E-state index in [0.717, 1.165) is 5.56 Å². The molecule has 1 atom stereocenters. The van der Waals surface area contributed by atoms with Crippen LogP contribution in [0.1, 0.15) is 40.4 Å². The molecule has 0 saturated carbocycles. The molecule has 0 aromatic heterocycles. The molecule has 0 bridgehead atoms. The van der Waals surface area contributed by atoms with Gasteiger partial charge in [0.1, 0.15) is 0 Å². The lowest BCUT2D eigenvalue weighted by Gasteiger charge is -2.39. The second kappa shape index (κ2) is 9.22. The SMILES string of the molecule is Cc1ccc([C@@H](CCC(=O)O)N2CCN(C(=O)c3ccccc3Cl)CC2)cc1. The van der Waals surface area contributed by atoms with Crippen LogP contribution in [0.4, 0.5) is 0 Å². The fourth-order valence-electron chi connectivity index (χ4n) is 3.65. The molecule has 0 unspecified atom stereocenters. The van der Waals surface area contributed by atoms with E-state index in [-0.39, 0.29) is 18.4 Å². The standard InChI is InChI=1S/C22H25ClN2O3/c1-16-6-8-17(9-7-16)20(10-11-21(26)27)24-12-14-25(15-13-24)22(28)18-4-2-3-5-19(18)23/h2-9,20H,10-15H2,1H3,(H,26,27)/t20-/m1/s1. The lowest BCUT2D eigenvalue weighted by atomic mass is 9.98. The summed E-state index contributed by atoms with van der Waals surface area (Å²) >= 11 is 6.17. The fraction of sp³-hybridized carbons (Fsp3) is 0.364. The van der Waals surface area contributed by atoms with E-state index in [1.165, 1.54) is 5.56 Å². The van der Waals surface area contributed by atoms with E-state index in [1.54, 1.807) is 12.1 Å². The monoisotopic (exact) mass is 400 g/mol. The first-order valence-electron chi connectivity index (χ1n) is 9.52. The van der Waals surface area contributed by atoms with Gasteiger partial charge in [-0.25, -0.2) is 0 Å². The Labute approximate surface area is 170 Å². The van der Waals surface area contributed by atoms with Crippen molar-refractivity contribution in [1.29, 1.82) is 0 Å². The maximum Gasteiger partial charge on any atom is 0.303 e. The van der Waals surface area contributed by atoms with Crippen LogP contribution in [0, 0.1) is 6.92 Å². The molecule has 1 heterocycles. The Kier molecular flexibility index (Phi) is 6.70. The van der Waals surface area contributed by atoms with Crippen molar-refractivity contribution in [1.82, 2.24) is 9.80 Å². The van der Waals surface area contributed by atoms with E-state index < -0.39 is 5.97 Å². The molecule has 0 aliphatic carbocycles. The summed E-state index contributed by atoms with van der Waals surface area (Å²) in [5, 5.41) is 9.60. The summed E-state index contributed by atoms with van der Waals surface area (Å²) in [6.45, 7) is 4.64. The Balaban J connectivity index is 1.69. The summed E-state index contributed by atoms with van der Waals surface area (Å²) in [5.41, 5.74) is 2.83. The van der Waals surface area contributed by atoms with Crippen LogP contribution >= 0.6 is 11.6 Å². The van der Waals surface area contributed by atoms with Crippen LogP contribution in [0.2, 0.25) is 5.02 Å². The van der Waals surface area contributed by atoms with Gasteiger partial charge >= 0.3 is 5.97 Å². The minimum absolute atomic E-state index is 0.0364. The van der Waals surface area contributed by atoms with Gasteiger partial charge in [0.25, 0.3) is 5.91 Å². The molecule has 1 aliphatic heterocycles. The Morgan fingerprint density at radius 2 is 1.68 bits per heavy atom. The number of benzene rings is 2. The molecule has 0 spiro atoms. The molecule has 2 aromatic carbocycles. The number of halogens is 1. The van der Waals surface area contributed by atoms with Gasteiger partial charge < -0.3 is 10.0 Å². The number of hydrogen-bond acceptors (Lipinski definition) is 3. The maximum atomic E-state index is 12.8. The van der Waals surface area contributed by atoms with Crippen molar-refractivity contribution >= 4 is 23.5 Å². The average molecular weight is 401 g/mol. The van der Waals surface area contributed by atoms with Crippen LogP contribution < -0.4 is 0 Å². The molecule has 0 radical (unpaired) electrons. The molecule has 1 amide bonds. The van der Waals surface area contributed by atoms with Gasteiger partial charge in [-0.15, -0.1) is 0 Å². The number of aliphatic carboxylic acids is 1. The third-order valence-corrected chi connectivity index (χ3v) is 5.57. The zero-order valence-electron chi connectivity index (χ0n) is 16.0. The zero-order valence-corrected chi connectivity index (χ0v) is 16.7. The van der Waals surface area contributed by atoms with E-state index in [1.807, 2.05) is 24.0 Å². The first-order valence-corrected chi connectivity index (χ1v) is 9.89. The molecular weight excluding hydrogens is 376 g/mol. The summed E-state index contributed by atoms with van der Waals surface area (Å²) in [7, 11) is 0. The molecule has 1 fully saturated rings. The molecular formula is C22H25ClN2O3. The minimum atomic E-state index is -0.787. The van der Waals surface area contributed by atoms with Crippen LogP contribution in [-0.4, -0.2) is 53.0 Å². The summed E-state index contributed by atoms with van der Waals surface area (Å²) in [6.07, 6.45) is 0.675. The number of hydrogen-bond donors (Lipinski definition) is 1. The quantitative estimate of drug-likeness (QED) is 0.795. The molecule has 6 heteroatoms. The smallest absolute Gasteiger partial charge is 0.303 e. The van der Waals surface area contributed by atoms with Gasteiger partial charge in [-0.1, -0.05) is 53.6 Å². The van der Waals surface area contributed by atoms with Crippen molar-refractivity contribution in [3.63, 3.8) is 0 Å². The van der Waals surface area contributed by atoms with E-state index in [2.05, 4.69) is 29.2 Å². The highest BCUT2D eigenvalue weighted by Gasteiger charge is 2.28. The van der Waals surface area contributed by atoms with Crippen molar-refractivity contribution in [2.75, 3.05) is 26.2 Å². The Hall–Kier alpha value is -2.37. The van der Waals surface area contributed by atoms with Crippen LogP contribution in [0.15, 0.2) is 48.5 Å². The lowest BCUT2D eigenvalue weighted by molar-refractivity contribution is -0.137. The van der Waals surface area contributed by atoms with Gasteiger partial charge in [0, 0.05) is 38.6 Å². The van der Waals surface area contributed by atoms with Crippen LogP contribution in [-0.2, 0) is 4.79 Å². The number of piperazine rings is 1. The van der Waals surface area contributed by atoms with E-state index >= 15 is 0 Å². The summed E-state index contributed by atoms with van der Waals surface area (Å²) in [4.78, 5) is 28.0. The number of carboxylic acids is 1. The van der Waals surface area contributed by atoms with E-state index in [9.17, 15) is 9.59 Å². The van der Waals surface area contributed by atoms with Gasteiger partial charge in [0.15, 0.2) is 0 Å². The highest BCUT2D eigenvalue weighted by molar-refractivity contribution is 6.33. The van der Waals surface area contributed by atoms with Gasteiger partial charge in [-0.3, -0.25) is 14.5 Å². The van der Waals surface area contributed by atoms with Gasteiger partial charge in [-0.05, 0) is 31.0 Å². The largest absolute Gasteiger partial charge is 0.481 e. The lowest BCUT2D eigenvalue weighted by Crippen LogP contribution is -2.49. The molecule has 1 saturated heterocycles. The Bertz CT molecular complexity index is 830. The van der Waals surface area contributed by atoms with Crippen molar-refractivity contribution in [2.24, 2.45) is 0 Å². The number of carbonyl (C=O) groups excluding carboxylic acids is 1. The predicted molar refractivity (Wildman–Crippen MR) is 110 cm³/mol. The highest BCUT2D eigenvalue weighted by atomic mass is 35.5. The average Bonchev–Trinajstić information content (AvgIpc) is 2.69. The second-order valence-corrected chi connectivity index (χ2v) is 7.57. The number of rotatable bonds is 6. The van der Waals surface area contributed by atoms with Gasteiger partial charge in [0.05, 0.1) is 10.6 Å². The zero-order chi connectivity index (χ0) is 20.1. The van der Waals surface area contributed by atoms with Crippen molar-refractivity contribution in [2.45, 2.75) is 25.8 Å². The fourth-order valence-corrected chi connectivity index (χ4v) is 3.87. The summed E-state index contributed by atoms with van der Waals surface area (Å²) < 4.78 is 0. The van der Waals surface area contributed by atoms with Gasteiger partial charge in [0.2, 0.25) is 0 Å². The van der Waals surface area contributed by atoms with Crippen LogP contribution in [0.5, 0.6) is 0 Å². The first-order chi connectivity index (χ1) is 13.5. The number of carbonyl (C=O) groups is 2. The summed E-state index contributed by atoms with van der Waals surface area (Å²) in [6, 6.07) is 15.4. The Morgan fingerprint density at radius 1 is 1.04 bits per heavy atom. The van der Waals surface area contributed by atoms with Crippen molar-refractivity contribution in [3.8, 4) is 0 Å². The molecule has 28 heavy (non-hydrogen) atoms. The highest BCUT2D eigenvalue weighted by Crippen LogP contribution is 2.28. The normalized spacial score (nSPS) is 16.0. The third-order valence-electron chi connectivity index (χ3n) is 5.24. The molecule has 1 aliphatic rings. The molecule has 5 nitrogen and oxygen atoms in total. The Morgan fingerprint density at radius 3 is 2.29 bits per heavy atom. The number of carboxylic acid groups (broad SMARTS) is 1. The predicted octanol–water partition coefficient (Wildman–Crippen LogP) is 4.01. The van der Waals surface area contributed by atoms with Crippen molar-refractivity contribution < 1.29 is 14.7 Å². The van der Waals surface area contributed by atoms with E-state index in [4.69, 9.17) is 16.7 Å². The second-order valence-electron chi connectivity index (χ2n) is 7.17. The molecule has 3 rings (SSSR count). The van der Waals surface area contributed by atoms with Crippen LogP contribution in [0.25, 0.3) is 0 Å². The van der Waals surface area contributed by atoms with Gasteiger partial charge in [-0.2, -0.15) is 0 Å². The van der Waals surface area contributed by atoms with Crippen LogP contribution in [0.3, 0.4) is 0 Å². The van der Waals surface area contributed by atoms with Crippen molar-refractivity contribution in [3.05, 3.63) is 70.2 Å². The first kappa shape index (κ1) is 20.4. The summed E-state index contributed by atoms with van der Waals surface area (Å²) in [5.74, 6) is -0.840. The topological polar surface area (TPSA) is 60.9 Å². The maximum absolute atomic E-state index is 12.8. The minimum Gasteiger partial charge on any atom is -0.481 e. The van der Waals surface area contributed by atoms with E-state index in [0.29, 0.717) is 43.2 Å². The number of nitrogens with zero attached hydrogens (tertiary/aromatic N) is 2. The number of aryl methyl sites for hydroxylation is 1. The molecule has 2 aromatic rings. The molecule has 148 valence electrons. The third kappa shape index (κ3) is 4.91. The number of amides is 1.